The molecule has 1 atom stereocenters. The van der Waals surface area contributed by atoms with Crippen molar-refractivity contribution >= 4 is 41.4 Å². The molecular formula is C30H32F2N2O3S2. The van der Waals surface area contributed by atoms with Gasteiger partial charge in [0.05, 0.1) is 22.6 Å². The first-order valence-electron chi connectivity index (χ1n) is 12.8. The molecule has 1 aliphatic heterocycles. The quantitative estimate of drug-likeness (QED) is 0.0757. The summed E-state index contributed by atoms with van der Waals surface area (Å²) in [7, 11) is 1.65. The Morgan fingerprint density at radius 2 is 1.90 bits per heavy atom. The van der Waals surface area contributed by atoms with Crippen molar-refractivity contribution < 1.29 is 23.0 Å². The van der Waals surface area contributed by atoms with E-state index in [1.165, 1.54) is 23.9 Å². The smallest absolute Gasteiger partial charge is 0.197 e. The predicted molar refractivity (Wildman–Crippen MR) is 155 cm³/mol. The normalized spacial score (nSPS) is 16.0. The number of thioether (sulfide) groups is 1. The summed E-state index contributed by atoms with van der Waals surface area (Å²) in [5, 5.41) is 0. The molecule has 1 heterocycles. The van der Waals surface area contributed by atoms with E-state index in [4.69, 9.17) is 9.47 Å². The first-order chi connectivity index (χ1) is 18.9. The van der Waals surface area contributed by atoms with Gasteiger partial charge in [-0.05, 0) is 78.7 Å². The highest BCUT2D eigenvalue weighted by molar-refractivity contribution is 7.98. The van der Waals surface area contributed by atoms with E-state index in [0.29, 0.717) is 18.8 Å². The van der Waals surface area contributed by atoms with Crippen molar-refractivity contribution in [3.05, 3.63) is 84.1 Å². The Bertz CT molecular complexity index is 1290. The molecule has 1 aliphatic rings. The first-order valence-corrected chi connectivity index (χ1v) is 14.8. The van der Waals surface area contributed by atoms with E-state index in [-0.39, 0.29) is 18.1 Å². The molecule has 0 amide bonds. The number of carbonyl (C=O) groups is 1. The Morgan fingerprint density at radius 1 is 1.15 bits per heavy atom. The van der Waals surface area contributed by atoms with Crippen molar-refractivity contribution in [1.82, 2.24) is 4.31 Å². The first kappa shape index (κ1) is 29.0. The number of nitrogens with zero attached hydrogens (tertiary/aromatic N) is 2. The maximum absolute atomic E-state index is 13.9. The van der Waals surface area contributed by atoms with Crippen LogP contribution in [0.4, 0.5) is 20.2 Å². The molecule has 3 aromatic rings. The Hall–Kier alpha value is -3.01. The van der Waals surface area contributed by atoms with Crippen molar-refractivity contribution in [3.63, 3.8) is 0 Å². The summed E-state index contributed by atoms with van der Waals surface area (Å²) in [4.78, 5) is 14.7. The fourth-order valence-corrected chi connectivity index (χ4v) is 6.18. The number of ether oxygens (including phenoxy) is 2. The van der Waals surface area contributed by atoms with E-state index in [1.54, 1.807) is 31.2 Å². The van der Waals surface area contributed by atoms with Crippen molar-refractivity contribution in [2.24, 2.45) is 0 Å². The Morgan fingerprint density at radius 3 is 2.54 bits per heavy atom. The average molecular weight is 571 g/mol. The van der Waals surface area contributed by atoms with E-state index < -0.39 is 5.83 Å². The van der Waals surface area contributed by atoms with Gasteiger partial charge in [0.1, 0.15) is 23.6 Å². The topological polar surface area (TPSA) is 42.0 Å². The lowest BCUT2D eigenvalue weighted by Gasteiger charge is -2.32. The highest BCUT2D eigenvalue weighted by Gasteiger charge is 2.31. The molecule has 0 bridgehead atoms. The van der Waals surface area contributed by atoms with Crippen LogP contribution in [0.1, 0.15) is 31.7 Å². The van der Waals surface area contributed by atoms with E-state index in [2.05, 4.69) is 28.3 Å². The summed E-state index contributed by atoms with van der Waals surface area (Å²) in [6.07, 6.45) is 5.98. The molecule has 1 unspecified atom stereocenters. The highest BCUT2D eigenvalue weighted by atomic mass is 32.2. The molecule has 5 nitrogen and oxygen atoms in total. The standard InChI is InChI=1S/C30H32F2N2O3S2/c1-4-5-6-25-18-33(24-11-9-22(31)10-12-24)27-15-30(38-3)28(37-20-23(32)19-35)16-29(27)39-34(25)17-21-7-13-26(36-2)14-8-21/h7-16,19-20,25H,4-6,17-18H2,1-3H3/b23-20-. The van der Waals surface area contributed by atoms with Crippen LogP contribution in [0.5, 0.6) is 11.5 Å². The molecule has 3 aromatic carbocycles. The Balaban J connectivity index is 1.80. The number of benzene rings is 3. The lowest BCUT2D eigenvalue weighted by molar-refractivity contribution is -0.106. The highest BCUT2D eigenvalue weighted by Crippen LogP contribution is 2.47. The number of carbonyl (C=O) groups excluding carboxylic acids is 1. The third-order valence-electron chi connectivity index (χ3n) is 6.49. The number of rotatable bonds is 11. The second-order valence-corrected chi connectivity index (χ2v) is 11.0. The molecule has 0 saturated carbocycles. The molecule has 0 aliphatic carbocycles. The third kappa shape index (κ3) is 7.35. The lowest BCUT2D eigenvalue weighted by atomic mass is 10.1. The van der Waals surface area contributed by atoms with E-state index in [0.717, 1.165) is 58.0 Å². The van der Waals surface area contributed by atoms with Gasteiger partial charge in [-0.1, -0.05) is 31.9 Å². The van der Waals surface area contributed by atoms with Gasteiger partial charge in [-0.25, -0.2) is 8.70 Å². The second kappa shape index (κ2) is 13.9. The minimum Gasteiger partial charge on any atom is -0.497 e. The number of hydrogen-bond acceptors (Lipinski definition) is 7. The minimum atomic E-state index is -0.988. The Labute approximate surface area is 237 Å². The fraction of sp³-hybridized carbons (Fsp3) is 0.300. The molecule has 0 spiro atoms. The zero-order chi connectivity index (χ0) is 27.8. The van der Waals surface area contributed by atoms with Gasteiger partial charge < -0.3 is 14.4 Å². The molecule has 0 N–H and O–H groups in total. The zero-order valence-electron chi connectivity index (χ0n) is 22.2. The molecule has 0 radical (unpaired) electrons. The summed E-state index contributed by atoms with van der Waals surface area (Å²) in [6, 6.07) is 18.7. The van der Waals surface area contributed by atoms with Crippen molar-refractivity contribution in [2.75, 3.05) is 24.8 Å². The zero-order valence-corrected chi connectivity index (χ0v) is 23.9. The lowest BCUT2D eigenvalue weighted by Crippen LogP contribution is -2.37. The summed E-state index contributed by atoms with van der Waals surface area (Å²) in [5.74, 6) is -0.0106. The van der Waals surface area contributed by atoms with Gasteiger partial charge in [-0.3, -0.25) is 4.79 Å². The molecule has 4 rings (SSSR count). The van der Waals surface area contributed by atoms with Crippen LogP contribution in [0, 0.1) is 5.82 Å². The van der Waals surface area contributed by atoms with Crippen LogP contribution in [0.15, 0.2) is 82.5 Å². The summed E-state index contributed by atoms with van der Waals surface area (Å²) >= 11 is 3.10. The van der Waals surface area contributed by atoms with E-state index >= 15 is 0 Å². The van der Waals surface area contributed by atoms with Gasteiger partial charge in [-0.2, -0.15) is 4.39 Å². The van der Waals surface area contributed by atoms with Crippen molar-refractivity contribution in [1.29, 1.82) is 0 Å². The maximum Gasteiger partial charge on any atom is 0.197 e. The number of aldehydes is 1. The van der Waals surface area contributed by atoms with E-state index in [1.807, 2.05) is 30.5 Å². The van der Waals surface area contributed by atoms with Gasteiger partial charge >= 0.3 is 0 Å². The fourth-order valence-electron chi connectivity index (χ4n) is 4.43. The monoisotopic (exact) mass is 570 g/mol. The number of methoxy groups -OCH3 is 1. The molecule has 9 heteroatoms. The minimum absolute atomic E-state index is 0.113. The van der Waals surface area contributed by atoms with Crippen LogP contribution in [0.2, 0.25) is 0 Å². The average Bonchev–Trinajstić information content (AvgIpc) is 3.11. The van der Waals surface area contributed by atoms with Crippen molar-refractivity contribution in [3.8, 4) is 11.5 Å². The molecule has 39 heavy (non-hydrogen) atoms. The van der Waals surface area contributed by atoms with Gasteiger partial charge in [-0.15, -0.1) is 11.8 Å². The molecule has 206 valence electrons. The van der Waals surface area contributed by atoms with E-state index in [9.17, 15) is 13.6 Å². The van der Waals surface area contributed by atoms with Crippen LogP contribution in [-0.2, 0) is 11.3 Å². The second-order valence-electron chi connectivity index (χ2n) is 9.11. The third-order valence-corrected chi connectivity index (χ3v) is 8.43. The summed E-state index contributed by atoms with van der Waals surface area (Å²) in [5.41, 5.74) is 3.00. The largest absolute Gasteiger partial charge is 0.497 e. The molecule has 0 saturated heterocycles. The Kier molecular flexibility index (Phi) is 10.3. The van der Waals surface area contributed by atoms with Crippen LogP contribution in [0.3, 0.4) is 0 Å². The number of halogens is 2. The number of anilines is 2. The van der Waals surface area contributed by atoms with Crippen LogP contribution >= 0.6 is 23.7 Å². The number of allylic oxidation sites excluding steroid dienone is 1. The van der Waals surface area contributed by atoms with Crippen LogP contribution in [-0.4, -0.2) is 36.5 Å². The molecule has 0 fully saturated rings. The van der Waals surface area contributed by atoms with Gasteiger partial charge in [0.15, 0.2) is 12.1 Å². The summed E-state index contributed by atoms with van der Waals surface area (Å²) in [6.45, 7) is 3.58. The SMILES string of the molecule is CCCCC1CN(c2ccc(F)cc2)c2cc(SC)c(O/C=C(\F)C=O)cc2SN1Cc1ccc(OC)cc1. The predicted octanol–water partition coefficient (Wildman–Crippen LogP) is 8.16. The van der Waals surface area contributed by atoms with Gasteiger partial charge in [0.25, 0.3) is 0 Å². The van der Waals surface area contributed by atoms with Gasteiger partial charge in [0.2, 0.25) is 0 Å². The van der Waals surface area contributed by atoms with Crippen LogP contribution < -0.4 is 14.4 Å². The molecular weight excluding hydrogens is 538 g/mol. The van der Waals surface area contributed by atoms with Crippen LogP contribution in [0.25, 0.3) is 0 Å². The summed E-state index contributed by atoms with van der Waals surface area (Å²) < 4.78 is 40.8. The number of hydrogen-bond donors (Lipinski definition) is 0. The molecule has 0 aromatic heterocycles. The number of unbranched alkanes of at least 4 members (excludes halogenated alkanes) is 1. The maximum atomic E-state index is 13.9. The number of fused-ring (bicyclic) bond motifs is 1. The van der Waals surface area contributed by atoms with Gasteiger partial charge in [0, 0.05) is 24.8 Å². The van der Waals surface area contributed by atoms with Crippen molar-refractivity contribution in [2.45, 2.75) is 48.6 Å².